The van der Waals surface area contributed by atoms with Crippen molar-refractivity contribution in [3.63, 3.8) is 0 Å². The number of rotatable bonds is 3. The number of fused-ring (bicyclic) bond motifs is 1. The zero-order valence-electron chi connectivity index (χ0n) is 15.9. The quantitative estimate of drug-likeness (QED) is 0.917. The van der Waals surface area contributed by atoms with Gasteiger partial charge in [-0.1, -0.05) is 12.1 Å². The molecule has 1 aromatic carbocycles. The normalized spacial score (nSPS) is 14.1. The largest absolute Gasteiger partial charge is 0.382 e. The fourth-order valence-electron chi connectivity index (χ4n) is 3.35. The zero-order valence-corrected chi connectivity index (χ0v) is 15.9. The Kier molecular flexibility index (Phi) is 5.11. The molecule has 0 fully saturated rings. The summed E-state index contributed by atoms with van der Waals surface area (Å²) in [6, 6.07) is 7.84. The molecule has 0 spiro atoms. The molecule has 0 bridgehead atoms. The number of hydrogen-bond donors (Lipinski definition) is 1. The minimum Gasteiger partial charge on any atom is -0.382 e. The van der Waals surface area contributed by atoms with Gasteiger partial charge in [-0.05, 0) is 39.3 Å². The van der Waals surface area contributed by atoms with E-state index in [2.05, 4.69) is 10.3 Å². The Hall–Kier alpha value is -2.63. The van der Waals surface area contributed by atoms with Crippen molar-refractivity contribution in [2.24, 2.45) is 7.05 Å². The van der Waals surface area contributed by atoms with Crippen LogP contribution in [0.5, 0.6) is 0 Å². The van der Waals surface area contributed by atoms with Crippen LogP contribution in [0.4, 0.5) is 5.69 Å². The number of aromatic nitrogens is 2. The second kappa shape index (κ2) is 7.32. The van der Waals surface area contributed by atoms with Crippen LogP contribution in [-0.2, 0) is 19.9 Å². The Bertz CT molecular complexity index is 886. The molecule has 0 unspecified atom stereocenters. The van der Waals surface area contributed by atoms with E-state index in [0.717, 1.165) is 16.9 Å². The van der Waals surface area contributed by atoms with Crippen LogP contribution in [0.2, 0.25) is 0 Å². The second-order valence-electron chi connectivity index (χ2n) is 7.09. The summed E-state index contributed by atoms with van der Waals surface area (Å²) in [6.45, 7) is 7.04. The molecule has 0 saturated heterocycles. The number of aryl methyl sites for hydroxylation is 1. The maximum absolute atomic E-state index is 13.1. The van der Waals surface area contributed by atoms with Gasteiger partial charge in [0.2, 0.25) is 0 Å². The third-order valence-corrected chi connectivity index (χ3v) is 4.83. The van der Waals surface area contributed by atoms with E-state index in [1.165, 1.54) is 0 Å². The highest BCUT2D eigenvalue weighted by molar-refractivity contribution is 5.99. The standard InChI is InChI=1S/C20H26N4O2/c1-13(2)21-17-8-6-5-7-15(17)20(26)24-11-9-16-18(10-12-24)22-14(3)23(4)19(16)25/h5-8,13,21H,9-12H2,1-4H3. The summed E-state index contributed by atoms with van der Waals surface area (Å²) in [7, 11) is 1.74. The topological polar surface area (TPSA) is 67.2 Å². The van der Waals surface area contributed by atoms with Gasteiger partial charge in [0.25, 0.3) is 11.5 Å². The Labute approximate surface area is 153 Å². The van der Waals surface area contributed by atoms with Gasteiger partial charge >= 0.3 is 0 Å². The van der Waals surface area contributed by atoms with E-state index in [1.54, 1.807) is 11.6 Å². The first-order valence-corrected chi connectivity index (χ1v) is 9.08. The molecule has 6 nitrogen and oxygen atoms in total. The van der Waals surface area contributed by atoms with Crippen molar-refractivity contribution in [1.29, 1.82) is 0 Å². The van der Waals surface area contributed by atoms with E-state index in [1.807, 2.05) is 49.9 Å². The lowest BCUT2D eigenvalue weighted by Crippen LogP contribution is -2.34. The average Bonchev–Trinajstić information content (AvgIpc) is 2.82. The van der Waals surface area contributed by atoms with E-state index >= 15 is 0 Å². The van der Waals surface area contributed by atoms with Gasteiger partial charge in [0.05, 0.1) is 11.3 Å². The molecule has 0 atom stereocenters. The number of carbonyl (C=O) groups excluding carboxylic acids is 1. The number of amides is 1. The molecule has 6 heteroatoms. The molecule has 1 aliphatic heterocycles. The summed E-state index contributed by atoms with van der Waals surface area (Å²) in [5.74, 6) is 0.704. The van der Waals surface area contributed by atoms with Crippen LogP contribution in [0.1, 0.15) is 41.3 Å². The maximum atomic E-state index is 13.1. The summed E-state index contributed by atoms with van der Waals surface area (Å²) in [6.07, 6.45) is 1.15. The fourth-order valence-corrected chi connectivity index (χ4v) is 3.35. The van der Waals surface area contributed by atoms with Crippen molar-refractivity contribution in [2.45, 2.75) is 39.7 Å². The lowest BCUT2D eigenvalue weighted by Gasteiger charge is -2.22. The number of nitrogens with one attached hydrogen (secondary N) is 1. The molecule has 1 N–H and O–H groups in total. The van der Waals surface area contributed by atoms with Gasteiger partial charge in [-0.15, -0.1) is 0 Å². The fraction of sp³-hybridized carbons (Fsp3) is 0.450. The Morgan fingerprint density at radius 3 is 2.62 bits per heavy atom. The van der Waals surface area contributed by atoms with E-state index in [4.69, 9.17) is 0 Å². The molecular formula is C20H26N4O2. The first-order valence-electron chi connectivity index (χ1n) is 9.08. The molecule has 2 heterocycles. The van der Waals surface area contributed by atoms with Crippen LogP contribution >= 0.6 is 0 Å². The summed E-state index contributed by atoms with van der Waals surface area (Å²) in [4.78, 5) is 32.0. The van der Waals surface area contributed by atoms with Gasteiger partial charge in [-0.2, -0.15) is 0 Å². The lowest BCUT2D eigenvalue weighted by atomic mass is 10.1. The molecule has 3 rings (SSSR count). The third-order valence-electron chi connectivity index (χ3n) is 4.83. The summed E-state index contributed by atoms with van der Waals surface area (Å²) < 4.78 is 1.58. The van der Waals surface area contributed by atoms with E-state index in [0.29, 0.717) is 37.3 Å². The van der Waals surface area contributed by atoms with Gasteiger partial charge in [0, 0.05) is 43.9 Å². The number of carbonyl (C=O) groups is 1. The van der Waals surface area contributed by atoms with Crippen molar-refractivity contribution in [3.05, 3.63) is 57.3 Å². The van der Waals surface area contributed by atoms with Crippen molar-refractivity contribution < 1.29 is 4.79 Å². The molecule has 1 aromatic heterocycles. The Morgan fingerprint density at radius 2 is 1.88 bits per heavy atom. The van der Waals surface area contributed by atoms with Crippen LogP contribution in [-0.4, -0.2) is 39.5 Å². The maximum Gasteiger partial charge on any atom is 0.256 e. The molecule has 1 amide bonds. The number of hydrogen-bond acceptors (Lipinski definition) is 4. The summed E-state index contributed by atoms with van der Waals surface area (Å²) >= 11 is 0. The van der Waals surface area contributed by atoms with Crippen LogP contribution in [0, 0.1) is 6.92 Å². The summed E-state index contributed by atoms with van der Waals surface area (Å²) in [5.41, 5.74) is 3.09. The first-order chi connectivity index (χ1) is 12.4. The van der Waals surface area contributed by atoms with E-state index in [9.17, 15) is 9.59 Å². The Balaban J connectivity index is 1.86. The Morgan fingerprint density at radius 1 is 1.19 bits per heavy atom. The predicted molar refractivity (Wildman–Crippen MR) is 103 cm³/mol. The monoisotopic (exact) mass is 354 g/mol. The number of para-hydroxylation sites is 1. The van der Waals surface area contributed by atoms with Crippen molar-refractivity contribution in [1.82, 2.24) is 14.5 Å². The van der Waals surface area contributed by atoms with Gasteiger partial charge in [0.1, 0.15) is 5.82 Å². The predicted octanol–water partition coefficient (Wildman–Crippen LogP) is 2.15. The molecule has 0 aliphatic carbocycles. The highest BCUT2D eigenvalue weighted by Gasteiger charge is 2.24. The van der Waals surface area contributed by atoms with Gasteiger partial charge < -0.3 is 10.2 Å². The number of benzene rings is 1. The summed E-state index contributed by atoms with van der Waals surface area (Å²) in [5, 5.41) is 3.34. The molecule has 2 aromatic rings. The first kappa shape index (κ1) is 18.2. The van der Waals surface area contributed by atoms with E-state index < -0.39 is 0 Å². The SMILES string of the molecule is Cc1nc2c(c(=O)n1C)CCN(C(=O)c1ccccc1NC(C)C)CC2. The second-order valence-corrected chi connectivity index (χ2v) is 7.09. The van der Waals surface area contributed by atoms with Gasteiger partial charge in [-0.3, -0.25) is 14.2 Å². The molecule has 0 radical (unpaired) electrons. The zero-order chi connectivity index (χ0) is 18.8. The highest BCUT2D eigenvalue weighted by atomic mass is 16.2. The van der Waals surface area contributed by atoms with Gasteiger partial charge in [0.15, 0.2) is 0 Å². The van der Waals surface area contributed by atoms with Gasteiger partial charge in [-0.25, -0.2) is 4.98 Å². The van der Waals surface area contributed by atoms with Crippen LogP contribution in [0.25, 0.3) is 0 Å². The van der Waals surface area contributed by atoms with Crippen molar-refractivity contribution >= 4 is 11.6 Å². The highest BCUT2D eigenvalue weighted by Crippen LogP contribution is 2.20. The minimum absolute atomic E-state index is 0.00340. The number of nitrogens with zero attached hydrogens (tertiary/aromatic N) is 3. The molecular weight excluding hydrogens is 328 g/mol. The van der Waals surface area contributed by atoms with E-state index in [-0.39, 0.29) is 17.5 Å². The van der Waals surface area contributed by atoms with Crippen LogP contribution in [0.3, 0.4) is 0 Å². The minimum atomic E-state index is -0.00454. The van der Waals surface area contributed by atoms with Crippen molar-refractivity contribution in [3.8, 4) is 0 Å². The molecule has 26 heavy (non-hydrogen) atoms. The lowest BCUT2D eigenvalue weighted by molar-refractivity contribution is 0.0764. The third kappa shape index (κ3) is 3.49. The number of anilines is 1. The average molecular weight is 354 g/mol. The van der Waals surface area contributed by atoms with Crippen LogP contribution in [0.15, 0.2) is 29.1 Å². The molecule has 0 saturated carbocycles. The van der Waals surface area contributed by atoms with Crippen LogP contribution < -0.4 is 10.9 Å². The van der Waals surface area contributed by atoms with Crippen molar-refractivity contribution in [2.75, 3.05) is 18.4 Å². The smallest absolute Gasteiger partial charge is 0.256 e. The molecule has 138 valence electrons. The molecule has 1 aliphatic rings.